The molecule has 0 aliphatic rings. The molecule has 34 heavy (non-hydrogen) atoms. The first-order chi connectivity index (χ1) is 16.3. The van der Waals surface area contributed by atoms with Gasteiger partial charge in [0, 0.05) is 47.6 Å². The maximum Gasteiger partial charge on any atom is 0.278 e. The molecule has 8 nitrogen and oxygen atoms in total. The summed E-state index contributed by atoms with van der Waals surface area (Å²) in [5, 5.41) is 12.6. The molecular formula is C24H24ClN7OS. The Labute approximate surface area is 207 Å². The van der Waals surface area contributed by atoms with Gasteiger partial charge >= 0.3 is 0 Å². The summed E-state index contributed by atoms with van der Waals surface area (Å²) < 4.78 is 1.65. The fraction of sp³-hybridized carbons (Fsp3) is 0.208. The van der Waals surface area contributed by atoms with Crippen molar-refractivity contribution in [3.8, 4) is 5.69 Å². The van der Waals surface area contributed by atoms with E-state index in [1.807, 2.05) is 75.3 Å². The van der Waals surface area contributed by atoms with Gasteiger partial charge in [-0.3, -0.25) is 4.79 Å². The van der Waals surface area contributed by atoms with E-state index in [1.165, 1.54) is 11.8 Å². The van der Waals surface area contributed by atoms with Crippen LogP contribution in [0.3, 0.4) is 0 Å². The highest BCUT2D eigenvalue weighted by molar-refractivity contribution is 7.98. The normalized spacial score (nSPS) is 10.9. The van der Waals surface area contributed by atoms with Crippen LogP contribution in [0.4, 0.5) is 11.4 Å². The average molecular weight is 494 g/mol. The summed E-state index contributed by atoms with van der Waals surface area (Å²) >= 11 is 7.48. The molecule has 4 aromatic rings. The number of rotatable bonds is 7. The van der Waals surface area contributed by atoms with Gasteiger partial charge in [0.15, 0.2) is 10.9 Å². The zero-order chi connectivity index (χ0) is 24.2. The Bertz CT molecular complexity index is 1280. The third-order valence-corrected chi connectivity index (χ3v) is 6.10. The van der Waals surface area contributed by atoms with Crippen molar-refractivity contribution >= 4 is 40.6 Å². The summed E-state index contributed by atoms with van der Waals surface area (Å²) in [6.45, 7) is 3.86. The van der Waals surface area contributed by atoms with Gasteiger partial charge in [-0.25, -0.2) is 14.6 Å². The van der Waals surface area contributed by atoms with E-state index in [-0.39, 0.29) is 11.6 Å². The minimum Gasteiger partial charge on any atom is -0.378 e. The lowest BCUT2D eigenvalue weighted by atomic mass is 10.2. The van der Waals surface area contributed by atoms with E-state index in [0.29, 0.717) is 27.3 Å². The summed E-state index contributed by atoms with van der Waals surface area (Å²) in [7, 11) is 3.93. The predicted octanol–water partition coefficient (Wildman–Crippen LogP) is 4.94. The number of carbonyl (C=O) groups excluding carboxylic acids is 1. The van der Waals surface area contributed by atoms with Crippen molar-refractivity contribution in [2.45, 2.75) is 24.8 Å². The number of aryl methyl sites for hydroxylation is 2. The van der Waals surface area contributed by atoms with Gasteiger partial charge in [0.05, 0.1) is 11.4 Å². The van der Waals surface area contributed by atoms with Crippen LogP contribution in [-0.2, 0) is 5.75 Å². The monoisotopic (exact) mass is 493 g/mol. The van der Waals surface area contributed by atoms with Crippen LogP contribution in [0, 0.1) is 13.8 Å². The van der Waals surface area contributed by atoms with Gasteiger partial charge in [0.2, 0.25) is 0 Å². The Kier molecular flexibility index (Phi) is 7.14. The first-order valence-electron chi connectivity index (χ1n) is 10.5. The van der Waals surface area contributed by atoms with Gasteiger partial charge < -0.3 is 10.2 Å². The lowest BCUT2D eigenvalue weighted by Gasteiger charge is -2.13. The number of amides is 1. The highest BCUT2D eigenvalue weighted by Gasteiger charge is 2.22. The molecule has 2 aromatic heterocycles. The van der Waals surface area contributed by atoms with E-state index in [2.05, 4.69) is 25.6 Å². The molecule has 0 saturated heterocycles. The molecule has 0 unspecified atom stereocenters. The number of benzene rings is 2. The standard InChI is InChI=1S/C24H24ClN7OS/c1-15-13-16(2)27-24(26-15)34-14-21-22(29-30-32(21)20-9-5-17(25)6-10-20)23(33)28-18-7-11-19(12-8-18)31(3)4/h5-13H,14H2,1-4H3,(H,28,33). The van der Waals surface area contributed by atoms with Crippen molar-refractivity contribution in [1.29, 1.82) is 0 Å². The maximum atomic E-state index is 13.2. The molecule has 0 aliphatic heterocycles. The highest BCUT2D eigenvalue weighted by atomic mass is 35.5. The summed E-state index contributed by atoms with van der Waals surface area (Å²) in [4.78, 5) is 24.2. The van der Waals surface area contributed by atoms with Crippen LogP contribution in [0.2, 0.25) is 5.02 Å². The number of aromatic nitrogens is 5. The second-order valence-corrected chi connectivity index (χ2v) is 9.27. The molecule has 2 heterocycles. The molecule has 0 bridgehead atoms. The van der Waals surface area contributed by atoms with Gasteiger partial charge in [-0.2, -0.15) is 0 Å². The fourth-order valence-corrected chi connectivity index (χ4v) is 4.39. The molecule has 0 aliphatic carbocycles. The average Bonchev–Trinajstić information content (AvgIpc) is 3.22. The number of carbonyl (C=O) groups is 1. The molecule has 0 atom stereocenters. The molecule has 2 aromatic carbocycles. The second-order valence-electron chi connectivity index (χ2n) is 7.89. The van der Waals surface area contributed by atoms with Crippen LogP contribution in [0.1, 0.15) is 27.6 Å². The van der Waals surface area contributed by atoms with Crippen molar-refractivity contribution in [2.24, 2.45) is 0 Å². The van der Waals surface area contributed by atoms with Crippen LogP contribution in [0.25, 0.3) is 5.69 Å². The number of hydrogen-bond acceptors (Lipinski definition) is 7. The number of halogens is 1. The van der Waals surface area contributed by atoms with Gasteiger partial charge in [0.25, 0.3) is 5.91 Å². The second kappa shape index (κ2) is 10.2. The summed E-state index contributed by atoms with van der Waals surface area (Å²) in [6.07, 6.45) is 0. The van der Waals surface area contributed by atoms with Crippen LogP contribution in [0.15, 0.2) is 59.8 Å². The fourth-order valence-electron chi connectivity index (χ4n) is 3.32. The molecule has 0 spiro atoms. The Morgan fingerprint density at radius 2 is 1.68 bits per heavy atom. The first kappa shape index (κ1) is 23.7. The van der Waals surface area contributed by atoms with Crippen molar-refractivity contribution < 1.29 is 4.79 Å². The Hall–Kier alpha value is -3.43. The van der Waals surface area contributed by atoms with Crippen molar-refractivity contribution in [3.63, 3.8) is 0 Å². The van der Waals surface area contributed by atoms with Gasteiger partial charge in [0.1, 0.15) is 0 Å². The minimum absolute atomic E-state index is 0.239. The molecule has 1 amide bonds. The molecule has 0 saturated carbocycles. The molecule has 0 radical (unpaired) electrons. The molecule has 1 N–H and O–H groups in total. The van der Waals surface area contributed by atoms with E-state index in [1.54, 1.807) is 16.8 Å². The summed E-state index contributed by atoms with van der Waals surface area (Å²) in [5.41, 5.74) is 5.12. The van der Waals surface area contributed by atoms with Crippen LogP contribution >= 0.6 is 23.4 Å². The minimum atomic E-state index is -0.338. The number of nitrogens with zero attached hydrogens (tertiary/aromatic N) is 6. The molecule has 4 rings (SSSR count). The Morgan fingerprint density at radius 3 is 2.29 bits per heavy atom. The van der Waals surface area contributed by atoms with E-state index in [0.717, 1.165) is 22.8 Å². The topological polar surface area (TPSA) is 88.8 Å². The van der Waals surface area contributed by atoms with Crippen LogP contribution in [0.5, 0.6) is 0 Å². The quantitative estimate of drug-likeness (QED) is 0.288. The maximum absolute atomic E-state index is 13.2. The van der Waals surface area contributed by atoms with E-state index in [4.69, 9.17) is 11.6 Å². The van der Waals surface area contributed by atoms with Crippen molar-refractivity contribution in [2.75, 3.05) is 24.3 Å². The number of anilines is 2. The summed E-state index contributed by atoms with van der Waals surface area (Å²) in [5.74, 6) is 0.0654. The largest absolute Gasteiger partial charge is 0.378 e. The zero-order valence-electron chi connectivity index (χ0n) is 19.3. The first-order valence-corrected chi connectivity index (χ1v) is 11.9. The SMILES string of the molecule is Cc1cc(C)nc(SCc2c(C(=O)Nc3ccc(N(C)C)cc3)nnn2-c2ccc(Cl)cc2)n1. The van der Waals surface area contributed by atoms with Crippen molar-refractivity contribution in [1.82, 2.24) is 25.0 Å². The lowest BCUT2D eigenvalue weighted by molar-refractivity contribution is 0.102. The number of thioether (sulfide) groups is 1. The molecule has 174 valence electrons. The Morgan fingerprint density at radius 1 is 1.03 bits per heavy atom. The third-order valence-electron chi connectivity index (χ3n) is 4.99. The zero-order valence-corrected chi connectivity index (χ0v) is 20.9. The van der Waals surface area contributed by atoms with E-state index >= 15 is 0 Å². The molecule has 10 heteroatoms. The number of hydrogen-bond donors (Lipinski definition) is 1. The van der Waals surface area contributed by atoms with Gasteiger partial charge in [-0.05, 0) is 68.4 Å². The molecular weight excluding hydrogens is 470 g/mol. The van der Waals surface area contributed by atoms with E-state index < -0.39 is 0 Å². The van der Waals surface area contributed by atoms with Crippen molar-refractivity contribution in [3.05, 3.63) is 82.4 Å². The third kappa shape index (κ3) is 5.55. The lowest BCUT2D eigenvalue weighted by Crippen LogP contribution is -2.15. The Balaban J connectivity index is 1.64. The number of nitrogens with one attached hydrogen (secondary N) is 1. The molecule has 0 fully saturated rings. The van der Waals surface area contributed by atoms with Gasteiger partial charge in [-0.15, -0.1) is 5.10 Å². The highest BCUT2D eigenvalue weighted by Crippen LogP contribution is 2.25. The van der Waals surface area contributed by atoms with Gasteiger partial charge in [-0.1, -0.05) is 28.6 Å². The predicted molar refractivity (Wildman–Crippen MR) is 136 cm³/mol. The van der Waals surface area contributed by atoms with Crippen LogP contribution in [-0.4, -0.2) is 45.0 Å². The summed E-state index contributed by atoms with van der Waals surface area (Å²) in [6, 6.07) is 16.7. The smallest absolute Gasteiger partial charge is 0.278 e. The van der Waals surface area contributed by atoms with E-state index in [9.17, 15) is 4.79 Å². The van der Waals surface area contributed by atoms with Crippen LogP contribution < -0.4 is 10.2 Å².